The van der Waals surface area contributed by atoms with Crippen LogP contribution in [0.25, 0.3) is 0 Å². The highest BCUT2D eigenvalue weighted by Gasteiger charge is 2.19. The third-order valence-corrected chi connectivity index (χ3v) is 3.45. The molecule has 2 rings (SSSR count). The number of hydrogen-bond acceptors (Lipinski definition) is 4. The fourth-order valence-electron chi connectivity index (χ4n) is 2.36. The molecule has 1 fully saturated rings. The largest absolute Gasteiger partial charge is 0.490 e. The summed E-state index contributed by atoms with van der Waals surface area (Å²) in [5.41, 5.74) is 0. The molecule has 18 heavy (non-hydrogen) atoms. The Labute approximate surface area is 109 Å². The SMILES string of the molecule is CCOc1cccnc1NC1CCN(CC)CC1. The quantitative estimate of drug-likeness (QED) is 0.869. The van der Waals surface area contributed by atoms with Crippen molar-refractivity contribution < 1.29 is 4.74 Å². The number of piperidine rings is 1. The molecule has 1 aromatic heterocycles. The first kappa shape index (κ1) is 13.1. The molecular formula is C14H23N3O. The van der Waals surface area contributed by atoms with Crippen molar-refractivity contribution in [2.45, 2.75) is 32.7 Å². The highest BCUT2D eigenvalue weighted by atomic mass is 16.5. The molecular weight excluding hydrogens is 226 g/mol. The minimum absolute atomic E-state index is 0.516. The predicted octanol–water partition coefficient (Wildman–Crippen LogP) is 2.38. The molecule has 0 aromatic carbocycles. The second kappa shape index (κ2) is 6.59. The number of pyridine rings is 1. The molecule has 1 saturated heterocycles. The second-order valence-corrected chi connectivity index (χ2v) is 4.64. The minimum Gasteiger partial charge on any atom is -0.490 e. The molecule has 1 aliphatic heterocycles. The summed E-state index contributed by atoms with van der Waals surface area (Å²) in [6.45, 7) is 8.39. The van der Waals surface area contributed by atoms with Crippen LogP contribution in [0.5, 0.6) is 5.75 Å². The molecule has 1 N–H and O–H groups in total. The van der Waals surface area contributed by atoms with Crippen LogP contribution in [-0.2, 0) is 0 Å². The number of anilines is 1. The van der Waals surface area contributed by atoms with Crippen LogP contribution in [0.3, 0.4) is 0 Å². The number of nitrogens with zero attached hydrogens (tertiary/aromatic N) is 2. The van der Waals surface area contributed by atoms with E-state index in [1.54, 1.807) is 0 Å². The van der Waals surface area contributed by atoms with Gasteiger partial charge in [-0.1, -0.05) is 6.92 Å². The molecule has 2 heterocycles. The molecule has 0 unspecified atom stereocenters. The molecule has 100 valence electrons. The summed E-state index contributed by atoms with van der Waals surface area (Å²) < 4.78 is 5.59. The van der Waals surface area contributed by atoms with Crippen LogP contribution >= 0.6 is 0 Å². The fourth-order valence-corrected chi connectivity index (χ4v) is 2.36. The van der Waals surface area contributed by atoms with Crippen molar-refractivity contribution in [1.82, 2.24) is 9.88 Å². The normalized spacial score (nSPS) is 17.7. The zero-order valence-electron chi connectivity index (χ0n) is 11.4. The van der Waals surface area contributed by atoms with E-state index in [4.69, 9.17) is 4.74 Å². The molecule has 4 heteroatoms. The van der Waals surface area contributed by atoms with E-state index in [1.807, 2.05) is 25.3 Å². The van der Waals surface area contributed by atoms with Gasteiger partial charge in [0.1, 0.15) is 0 Å². The lowest BCUT2D eigenvalue weighted by atomic mass is 10.1. The summed E-state index contributed by atoms with van der Waals surface area (Å²) in [4.78, 5) is 6.87. The monoisotopic (exact) mass is 249 g/mol. The van der Waals surface area contributed by atoms with E-state index in [0.717, 1.165) is 18.1 Å². The second-order valence-electron chi connectivity index (χ2n) is 4.64. The van der Waals surface area contributed by atoms with Crippen molar-refractivity contribution in [2.24, 2.45) is 0 Å². The molecule has 1 aromatic rings. The van der Waals surface area contributed by atoms with Gasteiger partial charge in [0.2, 0.25) is 0 Å². The highest BCUT2D eigenvalue weighted by Crippen LogP contribution is 2.23. The van der Waals surface area contributed by atoms with E-state index < -0.39 is 0 Å². The van der Waals surface area contributed by atoms with Gasteiger partial charge in [0.05, 0.1) is 6.61 Å². The third kappa shape index (κ3) is 3.35. The number of nitrogens with one attached hydrogen (secondary N) is 1. The predicted molar refractivity (Wildman–Crippen MR) is 74.2 cm³/mol. The number of aromatic nitrogens is 1. The Kier molecular flexibility index (Phi) is 4.81. The van der Waals surface area contributed by atoms with Gasteiger partial charge < -0.3 is 15.0 Å². The number of ether oxygens (including phenoxy) is 1. The molecule has 4 nitrogen and oxygen atoms in total. The summed E-state index contributed by atoms with van der Waals surface area (Å²) in [7, 11) is 0. The van der Waals surface area contributed by atoms with Gasteiger partial charge in [0.15, 0.2) is 11.6 Å². The lowest BCUT2D eigenvalue weighted by Gasteiger charge is -2.31. The Morgan fingerprint density at radius 2 is 2.17 bits per heavy atom. The maximum Gasteiger partial charge on any atom is 0.168 e. The molecule has 0 spiro atoms. The van der Waals surface area contributed by atoms with Crippen molar-refractivity contribution in [2.75, 3.05) is 31.6 Å². The van der Waals surface area contributed by atoms with Gasteiger partial charge in [0.25, 0.3) is 0 Å². The first-order chi connectivity index (χ1) is 8.83. The Bertz CT molecular complexity index is 362. The molecule has 0 saturated carbocycles. The van der Waals surface area contributed by atoms with Gasteiger partial charge in [-0.15, -0.1) is 0 Å². The van der Waals surface area contributed by atoms with Crippen molar-refractivity contribution in [1.29, 1.82) is 0 Å². The summed E-state index contributed by atoms with van der Waals surface area (Å²) in [5, 5.41) is 3.52. The lowest BCUT2D eigenvalue weighted by molar-refractivity contribution is 0.229. The number of hydrogen-bond donors (Lipinski definition) is 1. The molecule has 0 bridgehead atoms. The van der Waals surface area contributed by atoms with Crippen molar-refractivity contribution in [3.05, 3.63) is 18.3 Å². The van der Waals surface area contributed by atoms with Crippen molar-refractivity contribution >= 4 is 5.82 Å². The first-order valence-electron chi connectivity index (χ1n) is 6.90. The van der Waals surface area contributed by atoms with Gasteiger partial charge in [-0.05, 0) is 38.4 Å². The van der Waals surface area contributed by atoms with Crippen molar-refractivity contribution in [3.63, 3.8) is 0 Å². The van der Waals surface area contributed by atoms with Crippen LogP contribution in [0, 0.1) is 0 Å². The first-order valence-corrected chi connectivity index (χ1v) is 6.90. The third-order valence-electron chi connectivity index (χ3n) is 3.45. The zero-order valence-corrected chi connectivity index (χ0v) is 11.4. The zero-order chi connectivity index (χ0) is 12.8. The number of likely N-dealkylation sites (tertiary alicyclic amines) is 1. The standard InChI is InChI=1S/C14H23N3O/c1-3-17-10-7-12(8-11-17)16-14-13(18-4-2)6-5-9-15-14/h5-6,9,12H,3-4,7-8,10-11H2,1-2H3,(H,15,16). The average molecular weight is 249 g/mol. The summed E-state index contributed by atoms with van der Waals surface area (Å²) in [5.74, 6) is 1.74. The van der Waals surface area contributed by atoms with E-state index in [9.17, 15) is 0 Å². The van der Waals surface area contributed by atoms with Crippen LogP contribution in [0.15, 0.2) is 18.3 Å². The Balaban J connectivity index is 1.93. The fraction of sp³-hybridized carbons (Fsp3) is 0.643. The molecule has 0 amide bonds. The lowest BCUT2D eigenvalue weighted by Crippen LogP contribution is -2.39. The Morgan fingerprint density at radius 3 is 2.83 bits per heavy atom. The van der Waals surface area contributed by atoms with Crippen molar-refractivity contribution in [3.8, 4) is 5.75 Å². The minimum atomic E-state index is 0.516. The van der Waals surface area contributed by atoms with Crippen LogP contribution < -0.4 is 10.1 Å². The summed E-state index contributed by atoms with van der Waals surface area (Å²) in [6.07, 6.45) is 4.16. The molecule has 1 aliphatic rings. The van der Waals surface area contributed by atoms with Crippen LogP contribution in [0.2, 0.25) is 0 Å². The van der Waals surface area contributed by atoms with E-state index in [-0.39, 0.29) is 0 Å². The van der Waals surface area contributed by atoms with E-state index >= 15 is 0 Å². The maximum atomic E-state index is 5.59. The van der Waals surface area contributed by atoms with E-state index in [0.29, 0.717) is 12.6 Å². The van der Waals surface area contributed by atoms with Crippen LogP contribution in [0.1, 0.15) is 26.7 Å². The molecule has 0 atom stereocenters. The number of rotatable bonds is 5. The Morgan fingerprint density at radius 1 is 1.39 bits per heavy atom. The van der Waals surface area contributed by atoms with Gasteiger partial charge >= 0.3 is 0 Å². The average Bonchev–Trinajstić information content (AvgIpc) is 2.42. The van der Waals surface area contributed by atoms with Crippen LogP contribution in [0.4, 0.5) is 5.82 Å². The molecule has 0 radical (unpaired) electrons. The van der Waals surface area contributed by atoms with Gasteiger partial charge in [0, 0.05) is 25.3 Å². The smallest absolute Gasteiger partial charge is 0.168 e. The Hall–Kier alpha value is -1.29. The van der Waals surface area contributed by atoms with Gasteiger partial charge in [-0.2, -0.15) is 0 Å². The summed E-state index contributed by atoms with van der Waals surface area (Å²) in [6, 6.07) is 4.40. The van der Waals surface area contributed by atoms with E-state index in [1.165, 1.54) is 25.9 Å². The van der Waals surface area contributed by atoms with Crippen LogP contribution in [-0.4, -0.2) is 42.2 Å². The highest BCUT2D eigenvalue weighted by molar-refractivity contribution is 5.50. The van der Waals surface area contributed by atoms with Gasteiger partial charge in [-0.3, -0.25) is 0 Å². The van der Waals surface area contributed by atoms with E-state index in [2.05, 4.69) is 22.1 Å². The topological polar surface area (TPSA) is 37.4 Å². The van der Waals surface area contributed by atoms with Gasteiger partial charge in [-0.25, -0.2) is 4.98 Å². The molecule has 0 aliphatic carbocycles. The maximum absolute atomic E-state index is 5.59. The summed E-state index contributed by atoms with van der Waals surface area (Å²) >= 11 is 0.